The van der Waals surface area contributed by atoms with Crippen molar-refractivity contribution >= 4 is 41.0 Å². The van der Waals surface area contributed by atoms with Crippen molar-refractivity contribution in [1.82, 2.24) is 4.98 Å². The van der Waals surface area contributed by atoms with Crippen LogP contribution in [0.5, 0.6) is 0 Å². The van der Waals surface area contributed by atoms with E-state index < -0.39 is 17.7 Å². The summed E-state index contributed by atoms with van der Waals surface area (Å²) in [6.07, 6.45) is -0.910. The number of carboxylic acids is 1. The first-order chi connectivity index (χ1) is 8.19. The molecule has 0 unspecified atom stereocenters. The van der Waals surface area contributed by atoms with E-state index in [1.165, 1.54) is 0 Å². The number of aryl methyl sites for hydroxylation is 1. The van der Waals surface area contributed by atoms with Crippen LogP contribution < -0.4 is 5.48 Å². The number of nitrogens with zero attached hydrogens (tertiary/aromatic N) is 1. The van der Waals surface area contributed by atoms with Crippen LogP contribution in [-0.2, 0) is 9.57 Å². The van der Waals surface area contributed by atoms with Crippen molar-refractivity contribution in [3.8, 4) is 0 Å². The summed E-state index contributed by atoms with van der Waals surface area (Å²) in [7, 11) is 0. The number of nitrogens with one attached hydrogen (secondary N) is 1. The van der Waals surface area contributed by atoms with Gasteiger partial charge in [-0.3, -0.25) is 0 Å². The van der Waals surface area contributed by atoms with E-state index in [4.69, 9.17) is 9.84 Å². The highest BCUT2D eigenvalue weighted by atomic mass is 35.5. The van der Waals surface area contributed by atoms with E-state index in [9.17, 15) is 9.59 Å². The van der Waals surface area contributed by atoms with Gasteiger partial charge in [0.25, 0.3) is 0 Å². The van der Waals surface area contributed by atoms with Gasteiger partial charge in [0.2, 0.25) is 5.13 Å². The SMILES string of the molecule is Cc1nc(NOC(=O)OC(C)(C)C)sc1C(=O)O.Cl. The van der Waals surface area contributed by atoms with E-state index >= 15 is 0 Å². The van der Waals surface area contributed by atoms with Crippen molar-refractivity contribution in [3.63, 3.8) is 0 Å². The van der Waals surface area contributed by atoms with E-state index in [0.717, 1.165) is 11.3 Å². The first-order valence-electron chi connectivity index (χ1n) is 5.05. The van der Waals surface area contributed by atoms with Crippen LogP contribution in [-0.4, -0.2) is 27.8 Å². The molecule has 0 atom stereocenters. The molecule has 0 fully saturated rings. The summed E-state index contributed by atoms with van der Waals surface area (Å²) >= 11 is 0.873. The molecule has 0 saturated carbocycles. The van der Waals surface area contributed by atoms with Crippen LogP contribution in [0.2, 0.25) is 0 Å². The quantitative estimate of drug-likeness (QED) is 0.654. The zero-order valence-corrected chi connectivity index (χ0v) is 12.5. The van der Waals surface area contributed by atoms with Gasteiger partial charge in [-0.15, -0.1) is 12.4 Å². The number of ether oxygens (including phenoxy) is 1. The van der Waals surface area contributed by atoms with Crippen molar-refractivity contribution < 1.29 is 24.3 Å². The Labute approximate surface area is 120 Å². The van der Waals surface area contributed by atoms with Gasteiger partial charge in [0, 0.05) is 0 Å². The minimum atomic E-state index is -1.07. The lowest BCUT2D eigenvalue weighted by atomic mass is 10.2. The maximum atomic E-state index is 11.2. The fourth-order valence-electron chi connectivity index (χ4n) is 0.995. The molecule has 0 radical (unpaired) electrons. The Kier molecular flexibility index (Phi) is 6.04. The minimum Gasteiger partial charge on any atom is -0.477 e. The standard InChI is InChI=1S/C10H14N2O5S.ClH/c1-5-6(7(13)14)18-8(11-5)12-17-9(15)16-10(2,3)4;/h1-4H3,(H,11,12)(H,13,14);1H. The summed E-state index contributed by atoms with van der Waals surface area (Å²) in [5.41, 5.74) is 1.94. The van der Waals surface area contributed by atoms with Gasteiger partial charge in [-0.05, 0) is 27.7 Å². The van der Waals surface area contributed by atoms with Gasteiger partial charge in [-0.2, -0.15) is 5.48 Å². The molecule has 1 rings (SSSR count). The van der Waals surface area contributed by atoms with Gasteiger partial charge in [0.15, 0.2) is 0 Å². The fourth-order valence-corrected chi connectivity index (χ4v) is 1.73. The van der Waals surface area contributed by atoms with Crippen LogP contribution in [0.3, 0.4) is 0 Å². The van der Waals surface area contributed by atoms with Crippen molar-refractivity contribution in [3.05, 3.63) is 10.6 Å². The summed E-state index contributed by atoms with van der Waals surface area (Å²) < 4.78 is 4.88. The molecular formula is C10H15ClN2O5S. The first-order valence-corrected chi connectivity index (χ1v) is 5.87. The number of carboxylic acid groups (broad SMARTS) is 1. The van der Waals surface area contributed by atoms with Crippen LogP contribution >= 0.6 is 23.7 Å². The van der Waals surface area contributed by atoms with Crippen LogP contribution in [0.25, 0.3) is 0 Å². The molecule has 0 bridgehead atoms. The summed E-state index contributed by atoms with van der Waals surface area (Å²) in [6.45, 7) is 6.65. The molecule has 9 heteroatoms. The molecule has 0 amide bonds. The average Bonchev–Trinajstić information content (AvgIpc) is 2.54. The van der Waals surface area contributed by atoms with E-state index in [1.54, 1.807) is 27.7 Å². The van der Waals surface area contributed by atoms with Crippen molar-refractivity contribution in [1.29, 1.82) is 0 Å². The number of rotatable bonds is 3. The van der Waals surface area contributed by atoms with Crippen LogP contribution in [0, 0.1) is 6.92 Å². The molecule has 108 valence electrons. The third-order valence-corrected chi connectivity index (χ3v) is 2.64. The van der Waals surface area contributed by atoms with E-state index in [-0.39, 0.29) is 22.4 Å². The lowest BCUT2D eigenvalue weighted by Crippen LogP contribution is -2.25. The molecule has 0 aliphatic heterocycles. The van der Waals surface area contributed by atoms with Gasteiger partial charge in [-0.25, -0.2) is 14.6 Å². The Morgan fingerprint density at radius 1 is 1.37 bits per heavy atom. The number of aromatic nitrogens is 1. The maximum Gasteiger partial charge on any atom is 0.533 e. The van der Waals surface area contributed by atoms with Crippen LogP contribution in [0.4, 0.5) is 9.93 Å². The zero-order valence-electron chi connectivity index (χ0n) is 10.8. The predicted octanol–water partition coefficient (Wildman–Crippen LogP) is 2.85. The summed E-state index contributed by atoms with van der Waals surface area (Å²) in [6, 6.07) is 0. The number of thiazole rings is 1. The molecule has 0 aromatic carbocycles. The average molecular weight is 311 g/mol. The van der Waals surface area contributed by atoms with Gasteiger partial charge in [0.1, 0.15) is 10.5 Å². The molecule has 0 aliphatic rings. The topological polar surface area (TPSA) is 97.8 Å². The van der Waals surface area contributed by atoms with E-state index in [1.807, 2.05) is 0 Å². The molecule has 7 nitrogen and oxygen atoms in total. The van der Waals surface area contributed by atoms with Gasteiger partial charge in [-0.1, -0.05) is 11.3 Å². The number of halogens is 1. The molecule has 19 heavy (non-hydrogen) atoms. The Hall–Kier alpha value is -1.54. The second-order valence-corrected chi connectivity index (χ2v) is 5.41. The Morgan fingerprint density at radius 2 is 1.95 bits per heavy atom. The maximum absolute atomic E-state index is 11.2. The number of hydrogen-bond acceptors (Lipinski definition) is 7. The van der Waals surface area contributed by atoms with Crippen LogP contribution in [0.15, 0.2) is 0 Å². The molecule has 1 aromatic heterocycles. The van der Waals surface area contributed by atoms with Crippen molar-refractivity contribution in [2.45, 2.75) is 33.3 Å². The van der Waals surface area contributed by atoms with E-state index in [2.05, 4.69) is 15.3 Å². The predicted molar refractivity (Wildman–Crippen MR) is 72.0 cm³/mol. The molecule has 0 saturated heterocycles. The summed E-state index contributed by atoms with van der Waals surface area (Å²) in [5.74, 6) is -1.07. The first kappa shape index (κ1) is 17.5. The second-order valence-electron chi connectivity index (χ2n) is 4.41. The highest BCUT2D eigenvalue weighted by Crippen LogP contribution is 2.22. The number of anilines is 1. The van der Waals surface area contributed by atoms with Crippen molar-refractivity contribution in [2.24, 2.45) is 0 Å². The highest BCUT2D eigenvalue weighted by molar-refractivity contribution is 7.17. The second kappa shape index (κ2) is 6.58. The normalized spacial score (nSPS) is 10.3. The van der Waals surface area contributed by atoms with Crippen molar-refractivity contribution in [2.75, 3.05) is 5.48 Å². The summed E-state index contributed by atoms with van der Waals surface area (Å²) in [5, 5.41) is 9.00. The Bertz CT molecular complexity index is 469. The summed E-state index contributed by atoms with van der Waals surface area (Å²) in [4.78, 5) is 30.6. The molecule has 1 aromatic rings. The molecule has 0 spiro atoms. The largest absolute Gasteiger partial charge is 0.533 e. The third-order valence-electron chi connectivity index (χ3n) is 1.60. The lowest BCUT2D eigenvalue weighted by molar-refractivity contribution is 0.00296. The number of hydrogen-bond donors (Lipinski definition) is 2. The third kappa shape index (κ3) is 5.75. The van der Waals surface area contributed by atoms with Gasteiger partial charge in [0.05, 0.1) is 5.69 Å². The number of carbonyl (C=O) groups is 2. The zero-order chi connectivity index (χ0) is 13.9. The molecular weight excluding hydrogens is 296 g/mol. The fraction of sp³-hybridized carbons (Fsp3) is 0.500. The number of carbonyl (C=O) groups excluding carboxylic acids is 1. The van der Waals surface area contributed by atoms with Crippen LogP contribution in [0.1, 0.15) is 36.1 Å². The Balaban J connectivity index is 0.00000324. The van der Waals surface area contributed by atoms with Gasteiger partial charge < -0.3 is 14.7 Å². The minimum absolute atomic E-state index is 0. The lowest BCUT2D eigenvalue weighted by Gasteiger charge is -2.18. The highest BCUT2D eigenvalue weighted by Gasteiger charge is 2.19. The monoisotopic (exact) mass is 310 g/mol. The smallest absolute Gasteiger partial charge is 0.477 e. The molecule has 1 heterocycles. The molecule has 2 N–H and O–H groups in total. The Morgan fingerprint density at radius 3 is 2.37 bits per heavy atom. The molecule has 0 aliphatic carbocycles. The number of aromatic carboxylic acids is 1. The van der Waals surface area contributed by atoms with E-state index in [0.29, 0.717) is 5.69 Å². The van der Waals surface area contributed by atoms with Gasteiger partial charge >= 0.3 is 12.1 Å².